The highest BCUT2D eigenvalue weighted by atomic mass is 35.5. The predicted molar refractivity (Wildman–Crippen MR) is 65.6 cm³/mol. The van der Waals surface area contributed by atoms with Crippen LogP contribution in [0.15, 0.2) is 36.7 Å². The normalized spacial score (nSPS) is 10.4. The molecule has 1 aromatic heterocycles. The molecule has 1 heterocycles. The molecule has 16 heavy (non-hydrogen) atoms. The van der Waals surface area contributed by atoms with Gasteiger partial charge in [-0.3, -0.25) is 4.98 Å². The molecular formula is C12H9Cl2NO. The van der Waals surface area contributed by atoms with Gasteiger partial charge in [0.25, 0.3) is 0 Å². The molecule has 0 amide bonds. The van der Waals surface area contributed by atoms with Gasteiger partial charge in [-0.2, -0.15) is 0 Å². The average Bonchev–Trinajstić information content (AvgIpc) is 2.32. The van der Waals surface area contributed by atoms with Crippen LogP contribution in [0, 0.1) is 0 Å². The maximum Gasteiger partial charge on any atom is 0.0697 e. The van der Waals surface area contributed by atoms with Gasteiger partial charge < -0.3 is 5.11 Å². The molecule has 0 aliphatic carbocycles. The highest BCUT2D eigenvalue weighted by Gasteiger charge is 2.05. The van der Waals surface area contributed by atoms with E-state index in [9.17, 15) is 0 Å². The third kappa shape index (κ3) is 2.35. The topological polar surface area (TPSA) is 33.1 Å². The van der Waals surface area contributed by atoms with E-state index in [4.69, 9.17) is 28.3 Å². The molecule has 1 N–H and O–H groups in total. The van der Waals surface area contributed by atoms with E-state index in [1.54, 1.807) is 30.6 Å². The fourth-order valence-electron chi connectivity index (χ4n) is 1.44. The minimum Gasteiger partial charge on any atom is -0.392 e. The van der Waals surface area contributed by atoms with Gasteiger partial charge >= 0.3 is 0 Å². The average molecular weight is 254 g/mol. The largest absolute Gasteiger partial charge is 0.392 e. The summed E-state index contributed by atoms with van der Waals surface area (Å²) in [7, 11) is 0. The first-order valence-corrected chi connectivity index (χ1v) is 5.46. The number of pyridine rings is 1. The summed E-state index contributed by atoms with van der Waals surface area (Å²) in [6.45, 7) is -0.0426. The summed E-state index contributed by atoms with van der Waals surface area (Å²) in [6.07, 6.45) is 3.30. The van der Waals surface area contributed by atoms with Gasteiger partial charge in [0.1, 0.15) is 0 Å². The van der Waals surface area contributed by atoms with E-state index >= 15 is 0 Å². The van der Waals surface area contributed by atoms with Crippen LogP contribution in [0.2, 0.25) is 10.0 Å². The van der Waals surface area contributed by atoms with Crippen molar-refractivity contribution in [3.63, 3.8) is 0 Å². The summed E-state index contributed by atoms with van der Waals surface area (Å²) in [4.78, 5) is 4.04. The van der Waals surface area contributed by atoms with Gasteiger partial charge in [0.15, 0.2) is 0 Å². The van der Waals surface area contributed by atoms with Crippen LogP contribution < -0.4 is 0 Å². The Hall–Kier alpha value is -1.09. The van der Waals surface area contributed by atoms with Gasteiger partial charge in [-0.1, -0.05) is 23.2 Å². The van der Waals surface area contributed by atoms with E-state index in [1.165, 1.54) is 0 Å². The molecule has 0 saturated carbocycles. The fraction of sp³-hybridized carbons (Fsp3) is 0.0833. The van der Waals surface area contributed by atoms with Crippen LogP contribution in [-0.2, 0) is 6.61 Å². The van der Waals surface area contributed by atoms with E-state index in [0.717, 1.165) is 16.7 Å². The van der Waals surface area contributed by atoms with Gasteiger partial charge in [0.2, 0.25) is 0 Å². The number of aliphatic hydroxyl groups is 1. The Morgan fingerprint density at radius 1 is 1.12 bits per heavy atom. The minimum absolute atomic E-state index is 0.0426. The van der Waals surface area contributed by atoms with Crippen molar-refractivity contribution in [2.75, 3.05) is 0 Å². The monoisotopic (exact) mass is 253 g/mol. The molecule has 0 aliphatic rings. The van der Waals surface area contributed by atoms with Crippen molar-refractivity contribution in [1.29, 1.82) is 0 Å². The molecule has 0 unspecified atom stereocenters. The van der Waals surface area contributed by atoms with Crippen LogP contribution in [-0.4, -0.2) is 10.1 Å². The lowest BCUT2D eigenvalue weighted by atomic mass is 10.1. The Balaban J connectivity index is 2.53. The number of benzene rings is 1. The number of nitrogens with zero attached hydrogens (tertiary/aromatic N) is 1. The van der Waals surface area contributed by atoms with Crippen molar-refractivity contribution in [1.82, 2.24) is 4.98 Å². The summed E-state index contributed by atoms with van der Waals surface area (Å²) in [5, 5.41) is 10.3. The number of aromatic nitrogens is 1. The molecule has 1 aromatic carbocycles. The molecule has 0 saturated heterocycles. The number of hydrogen-bond acceptors (Lipinski definition) is 2. The molecule has 0 spiro atoms. The van der Waals surface area contributed by atoms with Crippen molar-refractivity contribution in [3.8, 4) is 11.1 Å². The molecule has 2 aromatic rings. The Morgan fingerprint density at radius 2 is 1.94 bits per heavy atom. The summed E-state index contributed by atoms with van der Waals surface area (Å²) >= 11 is 12.0. The highest BCUT2D eigenvalue weighted by Crippen LogP contribution is 2.30. The van der Waals surface area contributed by atoms with E-state index in [0.29, 0.717) is 10.0 Å². The number of rotatable bonds is 2. The molecule has 0 bridgehead atoms. The zero-order valence-corrected chi connectivity index (χ0v) is 9.83. The first-order valence-electron chi connectivity index (χ1n) is 4.71. The van der Waals surface area contributed by atoms with E-state index < -0.39 is 0 Å². The molecular weight excluding hydrogens is 245 g/mol. The number of halogens is 2. The van der Waals surface area contributed by atoms with Crippen molar-refractivity contribution >= 4 is 23.2 Å². The minimum atomic E-state index is -0.0426. The lowest BCUT2D eigenvalue weighted by Gasteiger charge is -2.06. The zero-order chi connectivity index (χ0) is 11.5. The Morgan fingerprint density at radius 3 is 2.69 bits per heavy atom. The summed E-state index contributed by atoms with van der Waals surface area (Å²) < 4.78 is 0. The second-order valence-corrected chi connectivity index (χ2v) is 4.21. The van der Waals surface area contributed by atoms with Crippen LogP contribution in [0.3, 0.4) is 0 Å². The molecule has 2 nitrogen and oxygen atoms in total. The molecule has 0 fully saturated rings. The van der Waals surface area contributed by atoms with Gasteiger partial charge in [-0.25, -0.2) is 0 Å². The molecule has 0 aliphatic heterocycles. The number of aliphatic hydroxyl groups excluding tert-OH is 1. The second kappa shape index (κ2) is 4.83. The third-order valence-corrected chi connectivity index (χ3v) is 2.78. The van der Waals surface area contributed by atoms with Gasteiger partial charge in [-0.15, -0.1) is 0 Å². The fourth-order valence-corrected chi connectivity index (χ4v) is 1.84. The lowest BCUT2D eigenvalue weighted by Crippen LogP contribution is -1.88. The SMILES string of the molecule is OCc1cncc(-c2cc(Cl)ccc2Cl)c1. The lowest BCUT2D eigenvalue weighted by molar-refractivity contribution is 0.281. The molecule has 4 heteroatoms. The zero-order valence-electron chi connectivity index (χ0n) is 8.32. The molecule has 82 valence electrons. The first kappa shape index (κ1) is 11.4. The van der Waals surface area contributed by atoms with Crippen molar-refractivity contribution in [2.45, 2.75) is 6.61 Å². The standard InChI is InChI=1S/C12H9Cl2NO/c13-10-1-2-12(14)11(4-10)9-3-8(7-16)5-15-6-9/h1-6,16H,7H2. The third-order valence-electron chi connectivity index (χ3n) is 2.22. The predicted octanol–water partition coefficient (Wildman–Crippen LogP) is 3.55. The summed E-state index contributed by atoms with van der Waals surface area (Å²) in [5.74, 6) is 0. The van der Waals surface area contributed by atoms with Crippen molar-refractivity contribution < 1.29 is 5.11 Å². The quantitative estimate of drug-likeness (QED) is 0.888. The van der Waals surface area contributed by atoms with Gasteiger partial charge in [0.05, 0.1) is 6.61 Å². The van der Waals surface area contributed by atoms with E-state index in [-0.39, 0.29) is 6.61 Å². The summed E-state index contributed by atoms with van der Waals surface area (Å²) in [6, 6.07) is 7.09. The Kier molecular flexibility index (Phi) is 3.44. The molecule has 0 atom stereocenters. The van der Waals surface area contributed by atoms with Crippen molar-refractivity contribution in [2.24, 2.45) is 0 Å². The van der Waals surface area contributed by atoms with Crippen LogP contribution in [0.25, 0.3) is 11.1 Å². The molecule has 2 rings (SSSR count). The van der Waals surface area contributed by atoms with Crippen LogP contribution >= 0.6 is 23.2 Å². The van der Waals surface area contributed by atoms with Crippen LogP contribution in [0.4, 0.5) is 0 Å². The smallest absolute Gasteiger partial charge is 0.0697 e. The Labute approximate surface area is 103 Å². The van der Waals surface area contributed by atoms with E-state index in [2.05, 4.69) is 4.98 Å². The highest BCUT2D eigenvalue weighted by molar-refractivity contribution is 6.35. The Bertz CT molecular complexity index is 514. The van der Waals surface area contributed by atoms with Gasteiger partial charge in [0, 0.05) is 33.6 Å². The maximum atomic E-state index is 9.03. The van der Waals surface area contributed by atoms with E-state index in [1.807, 2.05) is 6.07 Å². The van der Waals surface area contributed by atoms with Crippen LogP contribution in [0.1, 0.15) is 5.56 Å². The van der Waals surface area contributed by atoms with Gasteiger partial charge in [-0.05, 0) is 29.8 Å². The van der Waals surface area contributed by atoms with Crippen molar-refractivity contribution in [3.05, 3.63) is 52.3 Å². The summed E-state index contributed by atoms with van der Waals surface area (Å²) in [5.41, 5.74) is 2.41. The molecule has 0 radical (unpaired) electrons. The second-order valence-electron chi connectivity index (χ2n) is 3.36. The maximum absolute atomic E-state index is 9.03. The first-order chi connectivity index (χ1) is 7.70. The number of hydrogen-bond donors (Lipinski definition) is 1. The van der Waals surface area contributed by atoms with Crippen LogP contribution in [0.5, 0.6) is 0 Å².